The Balaban J connectivity index is 2.29. The second kappa shape index (κ2) is 5.37. The van der Waals surface area contributed by atoms with Crippen molar-refractivity contribution < 1.29 is 0 Å². The molecule has 0 amide bonds. The van der Waals surface area contributed by atoms with E-state index < -0.39 is 0 Å². The Hall–Kier alpha value is -2.07. The molecule has 1 aromatic heterocycles. The van der Waals surface area contributed by atoms with Crippen LogP contribution in [0.4, 0.5) is 5.82 Å². The van der Waals surface area contributed by atoms with Crippen LogP contribution in [0, 0.1) is 6.92 Å². The van der Waals surface area contributed by atoms with Crippen LogP contribution in [0.2, 0.25) is 0 Å². The van der Waals surface area contributed by atoms with Crippen LogP contribution in [0.15, 0.2) is 53.0 Å². The van der Waals surface area contributed by atoms with Crippen LogP contribution in [0.25, 0.3) is 22.4 Å². The van der Waals surface area contributed by atoms with E-state index in [1.54, 1.807) is 4.68 Å². The number of nitrogens with two attached hydrogens (primary N) is 1. The monoisotopic (exact) mass is 341 g/mol. The maximum atomic E-state index is 6.25. The highest BCUT2D eigenvalue weighted by Gasteiger charge is 2.18. The third-order valence-electron chi connectivity index (χ3n) is 3.61. The first-order chi connectivity index (χ1) is 10.1. The van der Waals surface area contributed by atoms with Crippen LogP contribution in [-0.4, -0.2) is 9.78 Å². The first-order valence-electron chi connectivity index (χ1n) is 6.72. The number of hydrogen-bond acceptors (Lipinski definition) is 2. The van der Waals surface area contributed by atoms with Crippen LogP contribution in [0.1, 0.15) is 5.56 Å². The minimum atomic E-state index is 0.676. The lowest BCUT2D eigenvalue weighted by Gasteiger charge is -2.07. The largest absolute Gasteiger partial charge is 0.383 e. The van der Waals surface area contributed by atoms with Gasteiger partial charge in [0.05, 0.1) is 5.56 Å². The maximum Gasteiger partial charge on any atom is 0.129 e. The highest BCUT2D eigenvalue weighted by molar-refractivity contribution is 9.10. The lowest BCUT2D eigenvalue weighted by molar-refractivity contribution is 0.782. The lowest BCUT2D eigenvalue weighted by atomic mass is 9.98. The summed E-state index contributed by atoms with van der Waals surface area (Å²) in [5.74, 6) is 0.676. The summed E-state index contributed by atoms with van der Waals surface area (Å²) >= 11 is 3.53. The van der Waals surface area contributed by atoms with E-state index >= 15 is 0 Å². The molecule has 0 aliphatic heterocycles. The fraction of sp³-hybridized carbons (Fsp3) is 0.118. The highest BCUT2D eigenvalue weighted by Crippen LogP contribution is 2.37. The minimum Gasteiger partial charge on any atom is -0.383 e. The van der Waals surface area contributed by atoms with Crippen molar-refractivity contribution in [2.24, 2.45) is 7.05 Å². The molecule has 106 valence electrons. The Labute approximate surface area is 132 Å². The summed E-state index contributed by atoms with van der Waals surface area (Å²) in [6, 6.07) is 16.4. The van der Waals surface area contributed by atoms with Gasteiger partial charge in [-0.3, -0.25) is 4.68 Å². The molecule has 0 atom stereocenters. The summed E-state index contributed by atoms with van der Waals surface area (Å²) in [6.07, 6.45) is 0. The van der Waals surface area contributed by atoms with Crippen molar-refractivity contribution in [3.05, 3.63) is 58.6 Å². The smallest absolute Gasteiger partial charge is 0.129 e. The van der Waals surface area contributed by atoms with E-state index in [-0.39, 0.29) is 0 Å². The number of aromatic nitrogens is 2. The first kappa shape index (κ1) is 13.9. The number of nitrogen functional groups attached to an aromatic ring is 1. The van der Waals surface area contributed by atoms with Gasteiger partial charge in [-0.1, -0.05) is 52.3 Å². The van der Waals surface area contributed by atoms with E-state index in [9.17, 15) is 0 Å². The third kappa shape index (κ3) is 2.47. The summed E-state index contributed by atoms with van der Waals surface area (Å²) in [7, 11) is 1.87. The second-order valence-corrected chi connectivity index (χ2v) is 5.97. The Morgan fingerprint density at radius 1 is 1.10 bits per heavy atom. The van der Waals surface area contributed by atoms with Crippen molar-refractivity contribution in [1.29, 1.82) is 0 Å². The van der Waals surface area contributed by atoms with Gasteiger partial charge in [0.15, 0.2) is 0 Å². The lowest BCUT2D eigenvalue weighted by Crippen LogP contribution is -1.97. The minimum absolute atomic E-state index is 0.676. The van der Waals surface area contributed by atoms with E-state index in [1.807, 2.05) is 31.3 Å². The zero-order valence-electron chi connectivity index (χ0n) is 12.0. The molecule has 0 unspecified atom stereocenters. The average molecular weight is 342 g/mol. The quantitative estimate of drug-likeness (QED) is 0.750. The molecule has 21 heavy (non-hydrogen) atoms. The van der Waals surface area contributed by atoms with Crippen molar-refractivity contribution in [2.45, 2.75) is 6.92 Å². The fourth-order valence-electron chi connectivity index (χ4n) is 2.46. The van der Waals surface area contributed by atoms with Gasteiger partial charge in [0.2, 0.25) is 0 Å². The predicted octanol–water partition coefficient (Wildman–Crippen LogP) is 4.41. The zero-order chi connectivity index (χ0) is 15.0. The molecular formula is C17H16BrN3. The third-order valence-corrected chi connectivity index (χ3v) is 4.10. The van der Waals surface area contributed by atoms with Gasteiger partial charge >= 0.3 is 0 Å². The van der Waals surface area contributed by atoms with E-state index in [0.717, 1.165) is 26.9 Å². The summed E-state index contributed by atoms with van der Waals surface area (Å²) < 4.78 is 2.77. The normalized spacial score (nSPS) is 10.8. The molecule has 0 aliphatic carbocycles. The predicted molar refractivity (Wildman–Crippen MR) is 90.9 cm³/mol. The molecule has 0 saturated carbocycles. The maximum absolute atomic E-state index is 6.25. The van der Waals surface area contributed by atoms with Gasteiger partial charge < -0.3 is 5.73 Å². The molecule has 2 aromatic carbocycles. The molecule has 1 heterocycles. The van der Waals surface area contributed by atoms with E-state index in [1.165, 1.54) is 5.56 Å². The fourth-order valence-corrected chi connectivity index (χ4v) is 2.83. The molecule has 2 N–H and O–H groups in total. The number of aryl methyl sites for hydroxylation is 2. The molecule has 3 nitrogen and oxygen atoms in total. The van der Waals surface area contributed by atoms with Gasteiger partial charge in [0.1, 0.15) is 11.5 Å². The van der Waals surface area contributed by atoms with Crippen molar-refractivity contribution in [2.75, 3.05) is 5.73 Å². The van der Waals surface area contributed by atoms with E-state index in [2.05, 4.69) is 52.2 Å². The Bertz CT molecular complexity index is 791. The number of hydrogen-bond donors (Lipinski definition) is 1. The topological polar surface area (TPSA) is 43.8 Å². The average Bonchev–Trinajstić information content (AvgIpc) is 2.78. The van der Waals surface area contributed by atoms with Gasteiger partial charge in [0, 0.05) is 17.1 Å². The molecule has 0 aliphatic rings. The van der Waals surface area contributed by atoms with Crippen LogP contribution in [0.5, 0.6) is 0 Å². The van der Waals surface area contributed by atoms with Gasteiger partial charge in [-0.15, -0.1) is 0 Å². The first-order valence-corrected chi connectivity index (χ1v) is 7.51. The zero-order valence-corrected chi connectivity index (χ0v) is 13.6. The Kier molecular flexibility index (Phi) is 3.55. The van der Waals surface area contributed by atoms with E-state index in [0.29, 0.717) is 5.82 Å². The summed E-state index contributed by atoms with van der Waals surface area (Å²) in [6.45, 7) is 2.08. The SMILES string of the molecule is Cc1ccc(Br)cc1-c1nn(C)c(N)c1-c1ccccc1. The molecule has 4 heteroatoms. The number of halogens is 1. The second-order valence-electron chi connectivity index (χ2n) is 5.06. The van der Waals surface area contributed by atoms with E-state index in [4.69, 9.17) is 5.73 Å². The van der Waals surface area contributed by atoms with Crippen LogP contribution < -0.4 is 5.73 Å². The molecule has 3 aromatic rings. The highest BCUT2D eigenvalue weighted by atomic mass is 79.9. The molecule has 0 fully saturated rings. The Morgan fingerprint density at radius 2 is 1.81 bits per heavy atom. The van der Waals surface area contributed by atoms with Gasteiger partial charge in [-0.2, -0.15) is 5.10 Å². The molecule has 0 saturated heterocycles. The molecule has 0 spiro atoms. The summed E-state index contributed by atoms with van der Waals surface area (Å²) in [5, 5.41) is 4.63. The van der Waals surface area contributed by atoms with Crippen molar-refractivity contribution in [1.82, 2.24) is 9.78 Å². The van der Waals surface area contributed by atoms with Crippen LogP contribution >= 0.6 is 15.9 Å². The van der Waals surface area contributed by atoms with Crippen molar-refractivity contribution in [3.63, 3.8) is 0 Å². The van der Waals surface area contributed by atoms with Crippen LogP contribution in [0.3, 0.4) is 0 Å². The number of nitrogens with zero attached hydrogens (tertiary/aromatic N) is 2. The molecular weight excluding hydrogens is 326 g/mol. The summed E-state index contributed by atoms with van der Waals surface area (Å²) in [4.78, 5) is 0. The van der Waals surface area contributed by atoms with Crippen molar-refractivity contribution in [3.8, 4) is 22.4 Å². The van der Waals surface area contributed by atoms with Gasteiger partial charge in [0.25, 0.3) is 0 Å². The van der Waals surface area contributed by atoms with Gasteiger partial charge in [-0.25, -0.2) is 0 Å². The number of anilines is 1. The molecule has 3 rings (SSSR count). The van der Waals surface area contributed by atoms with Crippen molar-refractivity contribution >= 4 is 21.7 Å². The van der Waals surface area contributed by atoms with Gasteiger partial charge in [-0.05, 0) is 30.2 Å². The molecule has 0 bridgehead atoms. The number of rotatable bonds is 2. The standard InChI is InChI=1S/C17H16BrN3/c1-11-8-9-13(18)10-14(11)16-15(17(19)21(2)20-16)12-6-4-3-5-7-12/h3-10H,19H2,1-2H3. The number of benzene rings is 2. The summed E-state index contributed by atoms with van der Waals surface area (Å²) in [5.41, 5.74) is 11.5. The van der Waals surface area contributed by atoms with Crippen LogP contribution in [-0.2, 0) is 7.05 Å². The Morgan fingerprint density at radius 3 is 2.52 bits per heavy atom. The molecule has 0 radical (unpaired) electrons.